The van der Waals surface area contributed by atoms with E-state index in [2.05, 4.69) is 33.8 Å². The van der Waals surface area contributed by atoms with Crippen LogP contribution in [0.4, 0.5) is 0 Å². The summed E-state index contributed by atoms with van der Waals surface area (Å²) in [7, 11) is 0. The first-order valence-electron chi connectivity index (χ1n) is 13.0. The second-order valence-electron chi connectivity index (χ2n) is 12.5. The summed E-state index contributed by atoms with van der Waals surface area (Å²) >= 11 is 0. The fraction of sp³-hybridized carbons (Fsp3) is 0.786. The molecule has 0 unspecified atom stereocenters. The van der Waals surface area contributed by atoms with E-state index in [-0.39, 0.29) is 41.2 Å². The van der Waals surface area contributed by atoms with Crippen molar-refractivity contribution in [3.05, 3.63) is 23.8 Å². The molecule has 5 fully saturated rings. The molecule has 0 aromatic heterocycles. The lowest BCUT2D eigenvalue weighted by Gasteiger charge is -2.57. The van der Waals surface area contributed by atoms with Crippen LogP contribution in [0, 0.1) is 52.3 Å². The molecule has 0 spiro atoms. The highest BCUT2D eigenvalue weighted by atomic mass is 16.6. The van der Waals surface area contributed by atoms with Crippen LogP contribution in [-0.2, 0) is 19.1 Å². The summed E-state index contributed by atoms with van der Waals surface area (Å²) in [6, 6.07) is 0. The highest BCUT2D eigenvalue weighted by Crippen LogP contribution is 2.69. The molecule has 2 saturated heterocycles. The van der Waals surface area contributed by atoms with Gasteiger partial charge in [0.25, 0.3) is 0 Å². The van der Waals surface area contributed by atoms with Crippen LogP contribution >= 0.6 is 0 Å². The van der Waals surface area contributed by atoms with Crippen LogP contribution in [0.3, 0.4) is 0 Å². The SMILES string of the molecule is C[C@@H]1[C@H]([C@H]2OC(=O)[C@@H](C)[C@H]2C)O[C@H]2C[C@H]3[C@@H]4CCC5=CC(=O)C=C[C@]5(C)[C@H]4CC[C@]3(C)[C@@H]12. The molecule has 4 nitrogen and oxygen atoms in total. The smallest absolute Gasteiger partial charge is 0.309 e. The van der Waals surface area contributed by atoms with E-state index in [9.17, 15) is 9.59 Å². The zero-order chi connectivity index (χ0) is 22.6. The van der Waals surface area contributed by atoms with Crippen molar-refractivity contribution in [2.24, 2.45) is 52.3 Å². The van der Waals surface area contributed by atoms with Gasteiger partial charge in [-0.15, -0.1) is 0 Å². The quantitative estimate of drug-likeness (QED) is 0.533. The van der Waals surface area contributed by atoms with Gasteiger partial charge in [-0.25, -0.2) is 0 Å². The van der Waals surface area contributed by atoms with Crippen molar-refractivity contribution in [1.29, 1.82) is 0 Å². The van der Waals surface area contributed by atoms with Crippen molar-refractivity contribution in [2.45, 2.75) is 85.0 Å². The molecule has 0 aromatic carbocycles. The van der Waals surface area contributed by atoms with Crippen molar-refractivity contribution in [2.75, 3.05) is 0 Å². The highest BCUT2D eigenvalue weighted by Gasteiger charge is 2.66. The first-order chi connectivity index (χ1) is 15.1. The third kappa shape index (κ3) is 2.59. The number of hydrogen-bond acceptors (Lipinski definition) is 4. The van der Waals surface area contributed by atoms with Crippen LogP contribution in [0.25, 0.3) is 0 Å². The number of cyclic esters (lactones) is 1. The summed E-state index contributed by atoms with van der Waals surface area (Å²) in [5.74, 6) is 3.28. The molecule has 12 atom stereocenters. The molecule has 2 aliphatic heterocycles. The van der Waals surface area contributed by atoms with Gasteiger partial charge in [0.15, 0.2) is 5.78 Å². The first-order valence-corrected chi connectivity index (χ1v) is 13.0. The Kier molecular flexibility index (Phi) is 4.50. The predicted molar refractivity (Wildman–Crippen MR) is 122 cm³/mol. The standard InChI is InChI=1S/C28H38O4/c1-14-15(2)26(30)32-24(14)25-16(3)23-22(31-25)13-21-19-7-6-17-12-18(29)8-10-27(17,4)20(19)9-11-28(21,23)5/h8,10,12,14-16,19-25H,6-7,9,11,13H2,1-5H3/t14-,15+,16+,19-,20+,21+,22+,23+,24+,25-,27+,28+/m1/s1. The summed E-state index contributed by atoms with van der Waals surface area (Å²) in [5, 5.41) is 0. The normalized spacial score (nSPS) is 56.2. The van der Waals surface area contributed by atoms with Crippen LogP contribution in [0.15, 0.2) is 23.8 Å². The Hall–Kier alpha value is -1.42. The number of ether oxygens (including phenoxy) is 2. The molecule has 4 aliphatic carbocycles. The number of esters is 1. The van der Waals surface area contributed by atoms with Gasteiger partial charge in [-0.1, -0.05) is 46.3 Å². The summed E-state index contributed by atoms with van der Waals surface area (Å²) in [5.41, 5.74) is 1.71. The number of fused-ring (bicyclic) bond motifs is 7. The van der Waals surface area contributed by atoms with E-state index < -0.39 is 0 Å². The molecule has 0 aromatic rings. The summed E-state index contributed by atoms with van der Waals surface area (Å²) < 4.78 is 12.6. The molecule has 6 rings (SSSR count). The number of hydrogen-bond donors (Lipinski definition) is 0. The minimum absolute atomic E-state index is 0.0318. The lowest BCUT2D eigenvalue weighted by Crippen LogP contribution is -2.50. The van der Waals surface area contributed by atoms with Crippen molar-refractivity contribution in [3.63, 3.8) is 0 Å². The number of carbonyl (C=O) groups is 2. The van der Waals surface area contributed by atoms with Crippen LogP contribution in [0.2, 0.25) is 0 Å². The second-order valence-corrected chi connectivity index (χ2v) is 12.5. The number of allylic oxidation sites excluding steroid dienone is 4. The van der Waals surface area contributed by atoms with Gasteiger partial charge in [-0.3, -0.25) is 9.59 Å². The van der Waals surface area contributed by atoms with Crippen LogP contribution < -0.4 is 0 Å². The van der Waals surface area contributed by atoms with Gasteiger partial charge in [0.05, 0.1) is 18.1 Å². The molecule has 6 aliphatic rings. The van der Waals surface area contributed by atoms with Crippen molar-refractivity contribution < 1.29 is 19.1 Å². The van der Waals surface area contributed by atoms with Crippen molar-refractivity contribution in [1.82, 2.24) is 0 Å². The molecule has 174 valence electrons. The Morgan fingerprint density at radius 1 is 1.00 bits per heavy atom. The molecule has 0 radical (unpaired) electrons. The molecule has 32 heavy (non-hydrogen) atoms. The number of ketones is 1. The monoisotopic (exact) mass is 438 g/mol. The van der Waals surface area contributed by atoms with Crippen LogP contribution in [0.5, 0.6) is 0 Å². The van der Waals surface area contributed by atoms with Crippen LogP contribution in [0.1, 0.15) is 66.7 Å². The molecule has 0 bridgehead atoms. The van der Waals surface area contributed by atoms with Crippen molar-refractivity contribution in [3.8, 4) is 0 Å². The second kappa shape index (κ2) is 6.81. The minimum Gasteiger partial charge on any atom is -0.459 e. The zero-order valence-corrected chi connectivity index (χ0v) is 20.2. The average Bonchev–Trinajstić information content (AvgIpc) is 3.33. The van der Waals surface area contributed by atoms with Gasteiger partial charge in [0.2, 0.25) is 0 Å². The number of carbonyl (C=O) groups excluding carboxylic acids is 2. The summed E-state index contributed by atoms with van der Waals surface area (Å²) in [6.07, 6.45) is 12.1. The maximum absolute atomic E-state index is 12.2. The van der Waals surface area contributed by atoms with Gasteiger partial charge < -0.3 is 9.47 Å². The predicted octanol–water partition coefficient (Wildman–Crippen LogP) is 5.12. The molecule has 0 amide bonds. The van der Waals surface area contributed by atoms with Crippen LogP contribution in [-0.4, -0.2) is 30.1 Å². The summed E-state index contributed by atoms with van der Waals surface area (Å²) in [4.78, 5) is 24.2. The average molecular weight is 439 g/mol. The Bertz CT molecular complexity index is 918. The van der Waals surface area contributed by atoms with E-state index >= 15 is 0 Å². The molecule has 4 heteroatoms. The third-order valence-corrected chi connectivity index (χ3v) is 11.3. The zero-order valence-electron chi connectivity index (χ0n) is 20.2. The molecular weight excluding hydrogens is 400 g/mol. The Morgan fingerprint density at radius 3 is 2.50 bits per heavy atom. The largest absolute Gasteiger partial charge is 0.459 e. The maximum atomic E-state index is 12.2. The Labute approximate surface area is 192 Å². The molecule has 0 N–H and O–H groups in total. The lowest BCUT2D eigenvalue weighted by molar-refractivity contribution is -0.150. The first kappa shape index (κ1) is 21.1. The highest BCUT2D eigenvalue weighted by molar-refractivity contribution is 6.01. The topological polar surface area (TPSA) is 52.6 Å². The van der Waals surface area contributed by atoms with Crippen molar-refractivity contribution >= 4 is 11.8 Å². The maximum Gasteiger partial charge on any atom is 0.309 e. The Balaban J connectivity index is 1.26. The molecular formula is C28H38O4. The van der Waals surface area contributed by atoms with E-state index in [4.69, 9.17) is 9.47 Å². The lowest BCUT2D eigenvalue weighted by atomic mass is 9.47. The van der Waals surface area contributed by atoms with E-state index in [0.717, 1.165) is 12.8 Å². The van der Waals surface area contributed by atoms with E-state index in [1.165, 1.54) is 24.8 Å². The fourth-order valence-corrected chi connectivity index (χ4v) is 9.43. The fourth-order valence-electron chi connectivity index (χ4n) is 9.43. The molecule has 3 saturated carbocycles. The van der Waals surface area contributed by atoms with E-state index in [1.807, 2.05) is 19.1 Å². The van der Waals surface area contributed by atoms with E-state index in [1.54, 1.807) is 0 Å². The van der Waals surface area contributed by atoms with Gasteiger partial charge >= 0.3 is 5.97 Å². The van der Waals surface area contributed by atoms with Gasteiger partial charge in [-0.05, 0) is 79.3 Å². The minimum atomic E-state index is -0.0947. The molecule has 2 heterocycles. The van der Waals surface area contributed by atoms with Gasteiger partial charge in [0.1, 0.15) is 6.10 Å². The number of rotatable bonds is 1. The van der Waals surface area contributed by atoms with Gasteiger partial charge in [0, 0.05) is 11.3 Å². The van der Waals surface area contributed by atoms with Gasteiger partial charge in [-0.2, -0.15) is 0 Å². The third-order valence-electron chi connectivity index (χ3n) is 11.3. The summed E-state index contributed by atoms with van der Waals surface area (Å²) in [6.45, 7) is 11.4. The van der Waals surface area contributed by atoms with E-state index in [0.29, 0.717) is 41.1 Å². The Morgan fingerprint density at radius 2 is 1.78 bits per heavy atom.